The van der Waals surface area contributed by atoms with Gasteiger partial charge in [0.1, 0.15) is 5.66 Å². The summed E-state index contributed by atoms with van der Waals surface area (Å²) in [5, 5.41) is 0. The van der Waals surface area contributed by atoms with Crippen LogP contribution >= 0.6 is 0 Å². The normalized spacial score (nSPS) is 46.7. The minimum atomic E-state index is 0.418. The second-order valence-electron chi connectivity index (χ2n) is 6.63. The van der Waals surface area contributed by atoms with Gasteiger partial charge in [-0.2, -0.15) is 0 Å². The third kappa shape index (κ3) is 0.580. The molecular weight excluding hydrogens is 208 g/mol. The van der Waals surface area contributed by atoms with Gasteiger partial charge in [-0.05, 0) is 44.2 Å². The molecule has 0 aliphatic carbocycles. The van der Waals surface area contributed by atoms with Crippen molar-refractivity contribution in [1.29, 1.82) is 0 Å². The van der Waals surface area contributed by atoms with Crippen molar-refractivity contribution >= 4 is 0 Å². The van der Waals surface area contributed by atoms with Crippen LogP contribution in [-0.2, 0) is 18.5 Å². The molecule has 0 N–H and O–H groups in total. The van der Waals surface area contributed by atoms with Crippen LogP contribution in [0.25, 0.3) is 0 Å². The molecule has 4 atom stereocenters. The maximum absolute atomic E-state index is 2.86. The van der Waals surface area contributed by atoms with Crippen LogP contribution in [0.2, 0.25) is 0 Å². The van der Waals surface area contributed by atoms with E-state index >= 15 is 0 Å². The average molecular weight is 224 g/mol. The van der Waals surface area contributed by atoms with Crippen molar-refractivity contribution in [2.75, 3.05) is 0 Å². The first-order valence-electron chi connectivity index (χ1n) is 7.07. The Hall–Kier alpha value is -1.18. The Morgan fingerprint density at radius 1 is 1.06 bits per heavy atom. The van der Waals surface area contributed by atoms with E-state index in [0.717, 1.165) is 17.9 Å². The van der Waals surface area contributed by atoms with Gasteiger partial charge in [0.15, 0.2) is 0 Å². The van der Waals surface area contributed by atoms with Crippen LogP contribution in [0.3, 0.4) is 0 Å². The fourth-order valence-corrected chi connectivity index (χ4v) is 5.99. The molecule has 1 spiro atoms. The van der Waals surface area contributed by atoms with Crippen LogP contribution < -0.4 is 0 Å². The van der Waals surface area contributed by atoms with Crippen molar-refractivity contribution in [2.45, 2.75) is 43.8 Å². The van der Waals surface area contributed by atoms with E-state index in [2.05, 4.69) is 27.7 Å². The van der Waals surface area contributed by atoms with E-state index in [1.807, 2.05) is 0 Å². The quantitative estimate of drug-likeness (QED) is 0.656. The van der Waals surface area contributed by atoms with E-state index in [1.54, 1.807) is 17.1 Å². The summed E-state index contributed by atoms with van der Waals surface area (Å²) in [5.41, 5.74) is 5.36. The van der Waals surface area contributed by atoms with Crippen LogP contribution in [0.5, 0.6) is 0 Å². The molecule has 6 rings (SSSR count). The van der Waals surface area contributed by atoms with Crippen molar-refractivity contribution in [1.82, 2.24) is 9.47 Å². The molecular formula is C15H16N2. The summed E-state index contributed by atoms with van der Waals surface area (Å²) in [4.78, 5) is 2.86. The molecule has 86 valence electrons. The molecule has 17 heavy (non-hydrogen) atoms. The summed E-state index contributed by atoms with van der Waals surface area (Å²) in [6, 6.07) is 5.64. The van der Waals surface area contributed by atoms with E-state index in [-0.39, 0.29) is 0 Å². The van der Waals surface area contributed by atoms with Gasteiger partial charge in [-0.25, -0.2) is 0 Å². The maximum atomic E-state index is 2.86. The van der Waals surface area contributed by atoms with E-state index < -0.39 is 0 Å². The molecule has 1 aromatic heterocycles. The molecule has 0 bridgehead atoms. The molecule has 6 heterocycles. The number of hydrogen-bond acceptors (Lipinski definition) is 1. The Morgan fingerprint density at radius 3 is 2.76 bits per heavy atom. The zero-order valence-electron chi connectivity index (χ0n) is 9.89. The zero-order valence-corrected chi connectivity index (χ0v) is 9.89. The topological polar surface area (TPSA) is 8.17 Å². The first kappa shape index (κ1) is 8.02. The smallest absolute Gasteiger partial charge is 0.124 e. The fraction of sp³-hybridized carbons (Fsp3) is 0.600. The number of rotatable bonds is 0. The lowest BCUT2D eigenvalue weighted by atomic mass is 9.83. The molecule has 0 aromatic carbocycles. The number of aromatic nitrogens is 1. The first-order valence-corrected chi connectivity index (χ1v) is 7.07. The van der Waals surface area contributed by atoms with Crippen molar-refractivity contribution in [3.8, 4) is 0 Å². The molecule has 2 nitrogen and oxygen atoms in total. The van der Waals surface area contributed by atoms with Gasteiger partial charge in [-0.1, -0.05) is 6.08 Å². The Balaban J connectivity index is 1.75. The molecule has 2 fully saturated rings. The fourth-order valence-electron chi connectivity index (χ4n) is 5.99. The highest BCUT2D eigenvalue weighted by Crippen LogP contribution is 2.66. The third-order valence-electron chi connectivity index (χ3n) is 6.21. The number of hydrogen-bond donors (Lipinski definition) is 0. The molecule has 0 radical (unpaired) electrons. The lowest BCUT2D eigenvalue weighted by molar-refractivity contribution is 0.0650. The SMILES string of the molecule is C1=C2CC3Cc4ccc5n4C34C(C5)CC(C1)N24. The summed E-state index contributed by atoms with van der Waals surface area (Å²) in [5.74, 6) is 1.81. The standard InChI is InChI=1S/C15H16N2/c1-2-12-6-10-8-14-4-3-13-7-9-5-11(1)16(12)15(9,10)17(13)14/h1-3,9-10,14H,4-8H2. The Kier molecular flexibility index (Phi) is 0.984. The largest absolute Gasteiger partial charge is 0.348 e. The summed E-state index contributed by atoms with van der Waals surface area (Å²) >= 11 is 0. The lowest BCUT2D eigenvalue weighted by Crippen LogP contribution is -2.45. The lowest BCUT2D eigenvalue weighted by Gasteiger charge is -2.37. The van der Waals surface area contributed by atoms with Crippen LogP contribution in [0.1, 0.15) is 30.7 Å². The van der Waals surface area contributed by atoms with Crippen molar-refractivity contribution in [2.24, 2.45) is 11.8 Å². The highest BCUT2D eigenvalue weighted by atomic mass is 15.5. The van der Waals surface area contributed by atoms with E-state index in [0.29, 0.717) is 5.66 Å². The Morgan fingerprint density at radius 2 is 1.88 bits per heavy atom. The first-order chi connectivity index (χ1) is 8.39. The highest BCUT2D eigenvalue weighted by molar-refractivity contribution is 5.40. The van der Waals surface area contributed by atoms with E-state index in [4.69, 9.17) is 0 Å². The van der Waals surface area contributed by atoms with Gasteiger partial charge >= 0.3 is 0 Å². The van der Waals surface area contributed by atoms with Crippen LogP contribution in [0.15, 0.2) is 23.9 Å². The summed E-state index contributed by atoms with van der Waals surface area (Å²) in [6.07, 6.45) is 9.33. The van der Waals surface area contributed by atoms with Crippen LogP contribution in [0.4, 0.5) is 0 Å². The summed E-state index contributed by atoms with van der Waals surface area (Å²) in [6.45, 7) is 0. The minimum absolute atomic E-state index is 0.418. The van der Waals surface area contributed by atoms with Crippen molar-refractivity contribution < 1.29 is 0 Å². The van der Waals surface area contributed by atoms with Crippen LogP contribution in [-0.4, -0.2) is 15.5 Å². The molecule has 4 unspecified atom stereocenters. The minimum Gasteiger partial charge on any atom is -0.348 e. The second kappa shape index (κ2) is 2.09. The Bertz CT molecular complexity index is 583. The number of nitrogens with zero attached hydrogens (tertiary/aromatic N) is 2. The van der Waals surface area contributed by atoms with E-state index in [1.165, 1.54) is 32.1 Å². The van der Waals surface area contributed by atoms with Crippen molar-refractivity contribution in [3.63, 3.8) is 0 Å². The maximum Gasteiger partial charge on any atom is 0.124 e. The summed E-state index contributed by atoms with van der Waals surface area (Å²) < 4.78 is 2.76. The van der Waals surface area contributed by atoms with Crippen molar-refractivity contribution in [3.05, 3.63) is 35.3 Å². The molecule has 2 heteroatoms. The second-order valence-corrected chi connectivity index (χ2v) is 6.63. The molecule has 5 aliphatic rings. The summed E-state index contributed by atoms with van der Waals surface area (Å²) in [7, 11) is 0. The zero-order chi connectivity index (χ0) is 10.8. The molecule has 0 amide bonds. The molecule has 2 saturated heterocycles. The van der Waals surface area contributed by atoms with Gasteiger partial charge in [0, 0.05) is 35.0 Å². The van der Waals surface area contributed by atoms with Gasteiger partial charge in [0.2, 0.25) is 0 Å². The van der Waals surface area contributed by atoms with Gasteiger partial charge in [0.05, 0.1) is 0 Å². The van der Waals surface area contributed by atoms with Gasteiger partial charge < -0.3 is 9.47 Å². The van der Waals surface area contributed by atoms with Gasteiger partial charge in [0.25, 0.3) is 0 Å². The number of allylic oxidation sites excluding steroid dienone is 1. The molecule has 1 aromatic rings. The van der Waals surface area contributed by atoms with Gasteiger partial charge in [-0.3, -0.25) is 0 Å². The van der Waals surface area contributed by atoms with E-state index in [9.17, 15) is 0 Å². The molecule has 5 aliphatic heterocycles. The third-order valence-corrected chi connectivity index (χ3v) is 6.21. The highest BCUT2D eigenvalue weighted by Gasteiger charge is 2.69. The monoisotopic (exact) mass is 224 g/mol. The Labute approximate surface area is 101 Å². The molecule has 0 saturated carbocycles. The predicted molar refractivity (Wildman–Crippen MR) is 64.4 cm³/mol. The average Bonchev–Trinajstić information content (AvgIpc) is 2.97. The van der Waals surface area contributed by atoms with Crippen LogP contribution in [0, 0.1) is 11.8 Å². The predicted octanol–water partition coefficient (Wildman–Crippen LogP) is 2.25. The van der Waals surface area contributed by atoms with Gasteiger partial charge in [-0.15, -0.1) is 0 Å².